The summed E-state index contributed by atoms with van der Waals surface area (Å²) in [5.41, 5.74) is 1.81. The number of ketones is 1. The molecule has 0 aliphatic carbocycles. The van der Waals surface area contributed by atoms with Crippen molar-refractivity contribution in [1.82, 2.24) is 19.7 Å². The van der Waals surface area contributed by atoms with Crippen LogP contribution in [0.25, 0.3) is 11.4 Å². The van der Waals surface area contributed by atoms with Crippen molar-refractivity contribution in [2.24, 2.45) is 5.73 Å². The van der Waals surface area contributed by atoms with Crippen molar-refractivity contribution in [3.05, 3.63) is 111 Å². The average molecular weight is 646 g/mol. The number of aromatic nitrogens is 3. The molecule has 1 aromatic heterocycles. The second-order valence-electron chi connectivity index (χ2n) is 10.8. The van der Waals surface area contributed by atoms with Gasteiger partial charge in [0.2, 0.25) is 11.8 Å². The fraction of sp³-hybridized carbons (Fsp3) is 0.258. The lowest BCUT2D eigenvalue weighted by Crippen LogP contribution is -2.54. The van der Waals surface area contributed by atoms with E-state index in [1.54, 1.807) is 30.3 Å². The molecule has 1 unspecified atom stereocenters. The lowest BCUT2D eigenvalue weighted by Gasteiger charge is -2.27. The molecule has 3 N–H and O–H groups in total. The number of hydrogen-bond donors (Lipinski definition) is 2. The molecule has 0 radical (unpaired) electrons. The Kier molecular flexibility index (Phi) is 9.62. The van der Waals surface area contributed by atoms with Crippen molar-refractivity contribution in [1.29, 1.82) is 0 Å². The van der Waals surface area contributed by atoms with Crippen LogP contribution in [0.3, 0.4) is 0 Å². The largest absolute Gasteiger partial charge is 0.416 e. The molecular formula is C31H28ClF4N5O4. The standard InChI is InChI=1S/C31H28ClF4N5O4/c1-30(2,28(37)44)38-27(43)23(22-8-4-5-9-24(22)31(34,35)36)15-21(42)17-41-29(45)40(16-19-7-3-6-10-25(19)33)26(39-41)18-11-13-20(32)14-12-18/h3-14,23H,15-17H2,1-2H3,(H2,37,44)(H,38,43). The van der Waals surface area contributed by atoms with Crippen LogP contribution in [0.5, 0.6) is 0 Å². The Morgan fingerprint density at radius 2 is 1.60 bits per heavy atom. The van der Waals surface area contributed by atoms with Gasteiger partial charge in [-0.25, -0.2) is 13.9 Å². The van der Waals surface area contributed by atoms with Crippen molar-refractivity contribution in [2.75, 3.05) is 0 Å². The Labute approximate surface area is 259 Å². The molecule has 3 aromatic carbocycles. The van der Waals surface area contributed by atoms with Crippen LogP contribution in [0, 0.1) is 5.82 Å². The minimum absolute atomic E-state index is 0.0765. The number of primary amides is 1. The number of alkyl halides is 3. The molecule has 45 heavy (non-hydrogen) atoms. The monoisotopic (exact) mass is 645 g/mol. The number of nitrogens with zero attached hydrogens (tertiary/aromatic N) is 3. The first-order valence-corrected chi connectivity index (χ1v) is 13.9. The molecule has 0 spiro atoms. The van der Waals surface area contributed by atoms with Crippen LogP contribution in [-0.4, -0.2) is 37.5 Å². The van der Waals surface area contributed by atoms with Gasteiger partial charge in [-0.05, 0) is 55.8 Å². The van der Waals surface area contributed by atoms with E-state index in [0.717, 1.165) is 27.4 Å². The lowest BCUT2D eigenvalue weighted by atomic mass is 9.88. The quantitative estimate of drug-likeness (QED) is 0.229. The number of carbonyl (C=O) groups is 3. The third kappa shape index (κ3) is 7.66. The van der Waals surface area contributed by atoms with Gasteiger partial charge in [-0.1, -0.05) is 48.0 Å². The average Bonchev–Trinajstić information content (AvgIpc) is 3.26. The van der Waals surface area contributed by atoms with E-state index in [2.05, 4.69) is 10.4 Å². The van der Waals surface area contributed by atoms with Gasteiger partial charge >= 0.3 is 11.9 Å². The maximum atomic E-state index is 14.5. The normalized spacial score (nSPS) is 12.5. The molecule has 1 heterocycles. The van der Waals surface area contributed by atoms with Gasteiger partial charge in [-0.2, -0.15) is 13.2 Å². The molecule has 0 bridgehead atoms. The Bertz CT molecular complexity index is 1800. The van der Waals surface area contributed by atoms with Gasteiger partial charge in [0.05, 0.1) is 18.0 Å². The first-order valence-electron chi connectivity index (χ1n) is 13.5. The summed E-state index contributed by atoms with van der Waals surface area (Å²) >= 11 is 6.00. The van der Waals surface area contributed by atoms with Gasteiger partial charge in [0.25, 0.3) is 0 Å². The molecule has 4 rings (SSSR count). The van der Waals surface area contributed by atoms with Crippen LogP contribution < -0.4 is 16.7 Å². The highest BCUT2D eigenvalue weighted by Gasteiger charge is 2.39. The number of nitrogens with two attached hydrogens (primary N) is 1. The summed E-state index contributed by atoms with van der Waals surface area (Å²) < 4.78 is 58.3. The van der Waals surface area contributed by atoms with Crippen LogP contribution in [0.4, 0.5) is 17.6 Å². The molecule has 0 aliphatic rings. The van der Waals surface area contributed by atoms with Crippen molar-refractivity contribution in [2.45, 2.75) is 51.0 Å². The van der Waals surface area contributed by atoms with Gasteiger partial charge < -0.3 is 11.1 Å². The Morgan fingerprint density at radius 1 is 0.978 bits per heavy atom. The minimum atomic E-state index is -4.87. The third-order valence-electron chi connectivity index (χ3n) is 7.08. The molecule has 1 atom stereocenters. The summed E-state index contributed by atoms with van der Waals surface area (Å²) in [4.78, 5) is 52.1. The van der Waals surface area contributed by atoms with Crippen LogP contribution in [0.1, 0.15) is 42.9 Å². The number of hydrogen-bond acceptors (Lipinski definition) is 5. The number of carbonyl (C=O) groups excluding carboxylic acids is 3. The van der Waals surface area contributed by atoms with E-state index >= 15 is 0 Å². The van der Waals surface area contributed by atoms with Gasteiger partial charge in [-0.15, -0.1) is 5.10 Å². The summed E-state index contributed by atoms with van der Waals surface area (Å²) in [6, 6.07) is 16.3. The second-order valence-corrected chi connectivity index (χ2v) is 11.2. The maximum Gasteiger partial charge on any atom is 0.416 e. The molecule has 0 saturated carbocycles. The molecular weight excluding hydrogens is 618 g/mol. The summed E-state index contributed by atoms with van der Waals surface area (Å²) in [6.45, 7) is 1.56. The van der Waals surface area contributed by atoms with Gasteiger partial charge in [-0.3, -0.25) is 19.0 Å². The SMILES string of the molecule is CC(C)(NC(=O)C(CC(=O)Cn1nc(-c2ccc(Cl)cc2)n(Cc2ccccc2F)c1=O)c1ccccc1C(F)(F)F)C(N)=O. The number of nitrogens with one attached hydrogen (secondary N) is 1. The Morgan fingerprint density at radius 3 is 2.22 bits per heavy atom. The van der Waals surface area contributed by atoms with Crippen molar-refractivity contribution in [3.8, 4) is 11.4 Å². The molecule has 0 aliphatic heterocycles. The number of amides is 2. The Balaban J connectivity index is 1.72. The fourth-order valence-electron chi connectivity index (χ4n) is 4.61. The molecule has 0 fully saturated rings. The highest BCUT2D eigenvalue weighted by molar-refractivity contribution is 6.30. The molecule has 236 valence electrons. The van der Waals surface area contributed by atoms with E-state index in [-0.39, 0.29) is 17.9 Å². The van der Waals surface area contributed by atoms with E-state index in [9.17, 15) is 36.7 Å². The molecule has 9 nitrogen and oxygen atoms in total. The van der Waals surface area contributed by atoms with Crippen molar-refractivity contribution in [3.63, 3.8) is 0 Å². The smallest absolute Gasteiger partial charge is 0.368 e. The van der Waals surface area contributed by atoms with Gasteiger partial charge in [0.1, 0.15) is 17.9 Å². The lowest BCUT2D eigenvalue weighted by molar-refractivity contribution is -0.139. The highest BCUT2D eigenvalue weighted by Crippen LogP contribution is 2.36. The topological polar surface area (TPSA) is 129 Å². The summed E-state index contributed by atoms with van der Waals surface area (Å²) in [7, 11) is 0. The van der Waals surface area contributed by atoms with E-state index in [1.807, 2.05) is 0 Å². The number of halogens is 5. The number of benzene rings is 3. The second kappa shape index (κ2) is 13.1. The summed E-state index contributed by atoms with van der Waals surface area (Å²) in [6.07, 6.45) is -5.65. The first-order chi connectivity index (χ1) is 21.1. The van der Waals surface area contributed by atoms with Crippen LogP contribution in [0.15, 0.2) is 77.6 Å². The van der Waals surface area contributed by atoms with Crippen LogP contribution >= 0.6 is 11.6 Å². The van der Waals surface area contributed by atoms with Crippen LogP contribution in [0.2, 0.25) is 5.02 Å². The zero-order chi connectivity index (χ0) is 33.1. The summed E-state index contributed by atoms with van der Waals surface area (Å²) in [5, 5.41) is 7.00. The zero-order valence-corrected chi connectivity index (χ0v) is 24.8. The predicted molar refractivity (Wildman–Crippen MR) is 158 cm³/mol. The van der Waals surface area contributed by atoms with E-state index < -0.39 is 70.8 Å². The highest BCUT2D eigenvalue weighted by atomic mass is 35.5. The molecule has 14 heteroatoms. The molecule has 2 amide bonds. The number of Topliss-reactive ketones (excluding diaryl/α,β-unsaturated/α-hetero) is 1. The predicted octanol–water partition coefficient (Wildman–Crippen LogP) is 4.69. The van der Waals surface area contributed by atoms with Gasteiger partial charge in [0.15, 0.2) is 11.6 Å². The van der Waals surface area contributed by atoms with E-state index in [1.165, 1.54) is 38.1 Å². The summed E-state index contributed by atoms with van der Waals surface area (Å²) in [5.74, 6) is -5.03. The minimum Gasteiger partial charge on any atom is -0.368 e. The zero-order valence-electron chi connectivity index (χ0n) is 24.1. The molecule has 4 aromatic rings. The fourth-order valence-corrected chi connectivity index (χ4v) is 4.74. The maximum absolute atomic E-state index is 14.5. The number of rotatable bonds is 11. The molecule has 0 saturated heterocycles. The van der Waals surface area contributed by atoms with E-state index in [0.29, 0.717) is 10.6 Å². The third-order valence-corrected chi connectivity index (χ3v) is 7.33. The van der Waals surface area contributed by atoms with Gasteiger partial charge in [0, 0.05) is 22.6 Å². The van der Waals surface area contributed by atoms with Crippen molar-refractivity contribution < 1.29 is 31.9 Å². The Hall–Kier alpha value is -4.78. The van der Waals surface area contributed by atoms with Crippen LogP contribution in [-0.2, 0) is 33.6 Å². The van der Waals surface area contributed by atoms with E-state index in [4.69, 9.17) is 17.3 Å². The first kappa shape index (κ1) is 33.1. The van der Waals surface area contributed by atoms with Crippen molar-refractivity contribution >= 4 is 29.2 Å².